The Morgan fingerprint density at radius 3 is 2.82 bits per heavy atom. The predicted molar refractivity (Wildman–Crippen MR) is 105 cm³/mol. The normalized spacial score (nSPS) is 22.8. The van der Waals surface area contributed by atoms with Crippen LogP contribution in [0.25, 0.3) is 0 Å². The zero-order valence-corrected chi connectivity index (χ0v) is 16.0. The quantitative estimate of drug-likeness (QED) is 0.854. The Morgan fingerprint density at radius 2 is 2.11 bits per heavy atom. The fourth-order valence-electron chi connectivity index (χ4n) is 4.27. The number of hydrogen-bond donors (Lipinski definition) is 2. The first-order valence-corrected chi connectivity index (χ1v) is 9.48. The molecule has 1 aromatic heterocycles. The lowest BCUT2D eigenvalue weighted by Gasteiger charge is -2.33. The van der Waals surface area contributed by atoms with E-state index in [2.05, 4.69) is 15.6 Å². The van der Waals surface area contributed by atoms with Crippen LogP contribution in [0.4, 0.5) is 10.5 Å². The first kappa shape index (κ1) is 18.3. The minimum atomic E-state index is -0.156. The Bertz CT molecular complexity index is 886. The lowest BCUT2D eigenvalue weighted by atomic mass is 10.1. The summed E-state index contributed by atoms with van der Waals surface area (Å²) in [6.45, 7) is 2.68. The number of carbonyl (C=O) groups is 2. The van der Waals surface area contributed by atoms with Crippen molar-refractivity contribution in [2.75, 3.05) is 19.0 Å². The molecule has 7 heteroatoms. The SMILES string of the molecule is COc1ccc(C)cc1NC(=O)N1CC2CC(NC(=O)c3cccnc3)C1C2. The van der Waals surface area contributed by atoms with E-state index in [4.69, 9.17) is 4.74 Å². The van der Waals surface area contributed by atoms with Gasteiger partial charge in [-0.3, -0.25) is 9.78 Å². The maximum absolute atomic E-state index is 12.9. The van der Waals surface area contributed by atoms with E-state index in [-0.39, 0.29) is 24.0 Å². The molecule has 2 fully saturated rings. The lowest BCUT2D eigenvalue weighted by Crippen LogP contribution is -2.53. The number of ether oxygens (including phenoxy) is 1. The molecule has 2 heterocycles. The highest BCUT2D eigenvalue weighted by Gasteiger charge is 2.47. The summed E-state index contributed by atoms with van der Waals surface area (Å²) in [5.41, 5.74) is 2.23. The van der Waals surface area contributed by atoms with Gasteiger partial charge in [0.25, 0.3) is 5.91 Å². The molecule has 1 saturated heterocycles. The number of urea groups is 1. The number of anilines is 1. The Morgan fingerprint density at radius 1 is 1.25 bits per heavy atom. The Balaban J connectivity index is 1.44. The maximum atomic E-state index is 12.9. The zero-order valence-electron chi connectivity index (χ0n) is 16.0. The van der Waals surface area contributed by atoms with E-state index in [1.54, 1.807) is 31.6 Å². The van der Waals surface area contributed by atoms with E-state index >= 15 is 0 Å². The minimum absolute atomic E-state index is 0.00132. The average Bonchev–Trinajstić information content (AvgIpc) is 3.29. The van der Waals surface area contributed by atoms with E-state index in [0.717, 1.165) is 18.4 Å². The molecule has 1 aromatic carbocycles. The van der Waals surface area contributed by atoms with Gasteiger partial charge in [0, 0.05) is 25.0 Å². The maximum Gasteiger partial charge on any atom is 0.322 e. The Labute approximate surface area is 164 Å². The fraction of sp³-hybridized carbons (Fsp3) is 0.381. The van der Waals surface area contributed by atoms with E-state index < -0.39 is 0 Å². The monoisotopic (exact) mass is 380 g/mol. The van der Waals surface area contributed by atoms with E-state index in [1.807, 2.05) is 30.0 Å². The van der Waals surface area contributed by atoms with Gasteiger partial charge >= 0.3 is 6.03 Å². The van der Waals surface area contributed by atoms with Crippen molar-refractivity contribution >= 4 is 17.6 Å². The summed E-state index contributed by atoms with van der Waals surface area (Å²) in [6, 6.07) is 8.96. The number of nitrogens with zero attached hydrogens (tertiary/aromatic N) is 2. The first-order valence-electron chi connectivity index (χ1n) is 9.48. The highest BCUT2D eigenvalue weighted by Crippen LogP contribution is 2.38. The molecule has 2 aliphatic rings. The molecule has 1 saturated carbocycles. The van der Waals surface area contributed by atoms with Crippen LogP contribution in [0.1, 0.15) is 28.8 Å². The first-order chi connectivity index (χ1) is 13.5. The number of hydrogen-bond acceptors (Lipinski definition) is 4. The van der Waals surface area contributed by atoms with Crippen molar-refractivity contribution in [2.24, 2.45) is 5.92 Å². The summed E-state index contributed by atoms with van der Waals surface area (Å²) in [5, 5.41) is 6.06. The second-order valence-corrected chi connectivity index (χ2v) is 7.51. The predicted octanol–water partition coefficient (Wildman–Crippen LogP) is 2.82. The van der Waals surface area contributed by atoms with Crippen molar-refractivity contribution in [3.63, 3.8) is 0 Å². The van der Waals surface area contributed by atoms with Crippen molar-refractivity contribution in [3.05, 3.63) is 53.9 Å². The van der Waals surface area contributed by atoms with Gasteiger partial charge in [0.05, 0.1) is 24.4 Å². The highest BCUT2D eigenvalue weighted by molar-refractivity contribution is 5.94. The van der Waals surface area contributed by atoms with Crippen LogP contribution < -0.4 is 15.4 Å². The third-order valence-corrected chi connectivity index (χ3v) is 5.58. The fourth-order valence-corrected chi connectivity index (χ4v) is 4.27. The van der Waals surface area contributed by atoms with Gasteiger partial charge in [-0.15, -0.1) is 0 Å². The Hall–Kier alpha value is -3.09. The number of likely N-dealkylation sites (tertiary alicyclic amines) is 1. The molecule has 1 aliphatic carbocycles. The van der Waals surface area contributed by atoms with E-state index in [0.29, 0.717) is 29.5 Å². The van der Waals surface area contributed by atoms with Gasteiger partial charge in [-0.05, 0) is 55.5 Å². The molecule has 4 rings (SSSR count). The molecule has 2 aromatic rings. The molecular formula is C21H24N4O3. The largest absolute Gasteiger partial charge is 0.495 e. The molecule has 3 amide bonds. The number of pyridine rings is 1. The minimum Gasteiger partial charge on any atom is -0.495 e. The van der Waals surface area contributed by atoms with Crippen molar-refractivity contribution in [1.29, 1.82) is 0 Å². The van der Waals surface area contributed by atoms with Crippen molar-refractivity contribution in [3.8, 4) is 5.75 Å². The summed E-state index contributed by atoms with van der Waals surface area (Å²) in [6.07, 6.45) is 5.00. The third-order valence-electron chi connectivity index (χ3n) is 5.58. The van der Waals surface area contributed by atoms with Gasteiger partial charge < -0.3 is 20.3 Å². The van der Waals surface area contributed by atoms with Gasteiger partial charge in [0.1, 0.15) is 5.75 Å². The summed E-state index contributed by atoms with van der Waals surface area (Å²) in [4.78, 5) is 31.2. The molecule has 28 heavy (non-hydrogen) atoms. The topological polar surface area (TPSA) is 83.6 Å². The number of rotatable bonds is 4. The summed E-state index contributed by atoms with van der Waals surface area (Å²) in [7, 11) is 1.59. The van der Waals surface area contributed by atoms with Crippen LogP contribution >= 0.6 is 0 Å². The smallest absolute Gasteiger partial charge is 0.322 e. The number of aromatic nitrogens is 1. The van der Waals surface area contributed by atoms with E-state index in [9.17, 15) is 9.59 Å². The molecule has 2 bridgehead atoms. The number of amides is 3. The number of methoxy groups -OCH3 is 1. The van der Waals surface area contributed by atoms with Crippen LogP contribution in [0, 0.1) is 12.8 Å². The van der Waals surface area contributed by atoms with Crippen LogP contribution in [0.3, 0.4) is 0 Å². The average molecular weight is 380 g/mol. The molecule has 0 spiro atoms. The van der Waals surface area contributed by atoms with Crippen LogP contribution in [-0.4, -0.2) is 47.6 Å². The highest BCUT2D eigenvalue weighted by atomic mass is 16.5. The van der Waals surface area contributed by atoms with Gasteiger partial charge in [0.2, 0.25) is 0 Å². The van der Waals surface area contributed by atoms with Crippen molar-refractivity contribution < 1.29 is 14.3 Å². The number of aryl methyl sites for hydroxylation is 1. The molecule has 1 aliphatic heterocycles. The number of piperidine rings is 1. The molecular weight excluding hydrogens is 356 g/mol. The van der Waals surface area contributed by atoms with Crippen LogP contribution in [0.2, 0.25) is 0 Å². The number of benzene rings is 1. The molecule has 7 nitrogen and oxygen atoms in total. The van der Waals surface area contributed by atoms with E-state index in [1.165, 1.54) is 0 Å². The summed E-state index contributed by atoms with van der Waals surface area (Å²) < 4.78 is 5.35. The van der Waals surface area contributed by atoms with Crippen LogP contribution in [-0.2, 0) is 0 Å². The summed E-state index contributed by atoms with van der Waals surface area (Å²) >= 11 is 0. The van der Waals surface area contributed by atoms with Gasteiger partial charge in [-0.1, -0.05) is 6.07 Å². The van der Waals surface area contributed by atoms with Gasteiger partial charge in [-0.2, -0.15) is 0 Å². The van der Waals surface area contributed by atoms with Crippen LogP contribution in [0.5, 0.6) is 5.75 Å². The second kappa shape index (κ2) is 7.50. The van der Waals surface area contributed by atoms with Crippen molar-refractivity contribution in [1.82, 2.24) is 15.2 Å². The molecule has 146 valence electrons. The zero-order chi connectivity index (χ0) is 19.7. The number of fused-ring (bicyclic) bond motifs is 2. The Kier molecular flexibility index (Phi) is 4.90. The molecule has 3 unspecified atom stereocenters. The molecule has 0 radical (unpaired) electrons. The second-order valence-electron chi connectivity index (χ2n) is 7.51. The molecule has 2 N–H and O–H groups in total. The molecule has 3 atom stereocenters. The lowest BCUT2D eigenvalue weighted by molar-refractivity contribution is 0.0905. The standard InChI is InChI=1S/C21H24N4O3/c1-13-5-6-19(28-2)17(8-13)24-21(27)25-12-14-9-16(18(25)10-14)23-20(26)15-4-3-7-22-11-15/h3-8,11,14,16,18H,9-10,12H2,1-2H3,(H,23,26)(H,24,27). The third kappa shape index (κ3) is 3.52. The number of nitrogens with one attached hydrogen (secondary N) is 2. The summed E-state index contributed by atoms with van der Waals surface area (Å²) in [5.74, 6) is 0.894. The van der Waals surface area contributed by atoms with Gasteiger partial charge in [0.15, 0.2) is 0 Å². The number of carbonyl (C=O) groups excluding carboxylic acids is 2. The van der Waals surface area contributed by atoms with Crippen LogP contribution in [0.15, 0.2) is 42.7 Å². The van der Waals surface area contributed by atoms with Crippen molar-refractivity contribution in [2.45, 2.75) is 31.8 Å². The van der Waals surface area contributed by atoms with Gasteiger partial charge in [-0.25, -0.2) is 4.79 Å².